The minimum Gasteiger partial charge on any atom is -0.358 e. The van der Waals surface area contributed by atoms with Gasteiger partial charge in [-0.25, -0.2) is 0 Å². The fourth-order valence-corrected chi connectivity index (χ4v) is 1.77. The summed E-state index contributed by atoms with van der Waals surface area (Å²) in [7, 11) is 2.05. The average molecular weight is 212 g/mol. The molecule has 0 radical (unpaired) electrons. The molecule has 76 valence electrons. The lowest BCUT2D eigenvalue weighted by molar-refractivity contribution is 0.321. The number of rotatable bonds is 3. The van der Waals surface area contributed by atoms with Crippen LogP contribution < -0.4 is 4.90 Å². The quantitative estimate of drug-likeness (QED) is 0.769. The Morgan fingerprint density at radius 3 is 2.71 bits per heavy atom. The lowest BCUT2D eigenvalue weighted by Crippen LogP contribution is -2.29. The van der Waals surface area contributed by atoms with Gasteiger partial charge in [-0.15, -0.1) is 10.2 Å². The van der Waals surface area contributed by atoms with Crippen LogP contribution in [0.4, 0.5) is 5.82 Å². The topological polar surface area (TPSA) is 29.0 Å². The van der Waals surface area contributed by atoms with Crippen molar-refractivity contribution in [3.05, 3.63) is 17.3 Å². The third-order valence-electron chi connectivity index (χ3n) is 2.77. The Kier molecular flexibility index (Phi) is 2.87. The van der Waals surface area contributed by atoms with Gasteiger partial charge >= 0.3 is 0 Å². The smallest absolute Gasteiger partial charge is 0.151 e. The summed E-state index contributed by atoms with van der Waals surface area (Å²) in [6, 6.07) is 3.69. The molecule has 1 aliphatic rings. The van der Waals surface area contributed by atoms with Gasteiger partial charge in [-0.3, -0.25) is 0 Å². The van der Waals surface area contributed by atoms with E-state index in [2.05, 4.69) is 22.1 Å². The number of hydrogen-bond acceptors (Lipinski definition) is 3. The first-order chi connectivity index (χ1) is 6.75. The largest absolute Gasteiger partial charge is 0.358 e. The van der Waals surface area contributed by atoms with E-state index < -0.39 is 0 Å². The fraction of sp³-hybridized carbons (Fsp3) is 0.600. The van der Waals surface area contributed by atoms with Crippen molar-refractivity contribution in [3.63, 3.8) is 0 Å². The van der Waals surface area contributed by atoms with Crippen LogP contribution in [0.5, 0.6) is 0 Å². The van der Waals surface area contributed by atoms with Gasteiger partial charge in [-0.05, 0) is 30.9 Å². The molecule has 4 heteroatoms. The van der Waals surface area contributed by atoms with E-state index in [4.69, 9.17) is 11.6 Å². The van der Waals surface area contributed by atoms with Crippen LogP contribution in [0.2, 0.25) is 5.15 Å². The lowest BCUT2D eigenvalue weighted by Gasteiger charge is -2.30. The van der Waals surface area contributed by atoms with Gasteiger partial charge in [0.25, 0.3) is 0 Å². The molecule has 3 nitrogen and oxygen atoms in total. The van der Waals surface area contributed by atoms with Gasteiger partial charge in [0.2, 0.25) is 0 Å². The molecular weight excluding hydrogens is 198 g/mol. The van der Waals surface area contributed by atoms with Crippen molar-refractivity contribution in [1.29, 1.82) is 0 Å². The maximum Gasteiger partial charge on any atom is 0.151 e. The van der Waals surface area contributed by atoms with Gasteiger partial charge in [-0.1, -0.05) is 18.0 Å². The zero-order valence-corrected chi connectivity index (χ0v) is 9.04. The van der Waals surface area contributed by atoms with E-state index in [0.29, 0.717) is 5.15 Å². The summed E-state index contributed by atoms with van der Waals surface area (Å²) < 4.78 is 0. The first-order valence-electron chi connectivity index (χ1n) is 4.96. The Morgan fingerprint density at radius 1 is 1.43 bits per heavy atom. The molecule has 1 aliphatic carbocycles. The summed E-state index contributed by atoms with van der Waals surface area (Å²) in [5.74, 6) is 1.75. The second-order valence-corrected chi connectivity index (χ2v) is 4.28. The van der Waals surface area contributed by atoms with Crippen LogP contribution in [0.25, 0.3) is 0 Å². The zero-order chi connectivity index (χ0) is 9.97. The van der Waals surface area contributed by atoms with E-state index in [0.717, 1.165) is 18.3 Å². The van der Waals surface area contributed by atoms with E-state index in [1.54, 1.807) is 6.07 Å². The van der Waals surface area contributed by atoms with Crippen molar-refractivity contribution in [2.24, 2.45) is 5.92 Å². The predicted molar refractivity (Wildman–Crippen MR) is 57.7 cm³/mol. The van der Waals surface area contributed by atoms with Crippen molar-refractivity contribution in [2.75, 3.05) is 18.5 Å². The molecule has 0 atom stereocenters. The maximum absolute atomic E-state index is 5.67. The summed E-state index contributed by atoms with van der Waals surface area (Å²) in [5.41, 5.74) is 0. The molecule has 1 saturated carbocycles. The first kappa shape index (κ1) is 9.71. The Balaban J connectivity index is 1.95. The van der Waals surface area contributed by atoms with E-state index in [1.165, 1.54) is 19.3 Å². The highest BCUT2D eigenvalue weighted by molar-refractivity contribution is 6.29. The van der Waals surface area contributed by atoms with E-state index in [1.807, 2.05) is 6.07 Å². The molecule has 0 spiro atoms. The number of hydrogen-bond donors (Lipinski definition) is 0. The molecule has 0 bridgehead atoms. The van der Waals surface area contributed by atoms with Gasteiger partial charge < -0.3 is 4.90 Å². The summed E-state index contributed by atoms with van der Waals surface area (Å²) in [5, 5.41) is 8.31. The molecular formula is C10H14ClN3. The van der Waals surface area contributed by atoms with Crippen molar-refractivity contribution >= 4 is 17.4 Å². The SMILES string of the molecule is CN(CC1CCC1)c1ccc(Cl)nn1. The van der Waals surface area contributed by atoms with Crippen molar-refractivity contribution in [2.45, 2.75) is 19.3 Å². The molecule has 0 N–H and O–H groups in total. The molecule has 2 rings (SSSR count). The lowest BCUT2D eigenvalue weighted by atomic mass is 9.85. The van der Waals surface area contributed by atoms with Crippen LogP contribution in [0.3, 0.4) is 0 Å². The van der Waals surface area contributed by atoms with Gasteiger partial charge in [0, 0.05) is 13.6 Å². The van der Waals surface area contributed by atoms with Gasteiger partial charge in [0.1, 0.15) is 0 Å². The van der Waals surface area contributed by atoms with Gasteiger partial charge in [-0.2, -0.15) is 0 Å². The van der Waals surface area contributed by atoms with Gasteiger partial charge in [0.15, 0.2) is 11.0 Å². The highest BCUT2D eigenvalue weighted by Crippen LogP contribution is 2.27. The highest BCUT2D eigenvalue weighted by Gasteiger charge is 2.19. The number of nitrogens with zero attached hydrogens (tertiary/aromatic N) is 3. The molecule has 0 unspecified atom stereocenters. The monoisotopic (exact) mass is 211 g/mol. The summed E-state index contributed by atoms with van der Waals surface area (Å²) in [6.45, 7) is 1.08. The Hall–Kier alpha value is -0.830. The first-order valence-corrected chi connectivity index (χ1v) is 5.34. The Bertz CT molecular complexity index is 295. The summed E-state index contributed by atoms with van der Waals surface area (Å²) in [4.78, 5) is 2.15. The molecule has 1 heterocycles. The standard InChI is InChI=1S/C10H14ClN3/c1-14(7-8-3-2-4-8)10-6-5-9(11)12-13-10/h5-6,8H,2-4,7H2,1H3. The van der Waals surface area contributed by atoms with Crippen LogP contribution in [0.1, 0.15) is 19.3 Å². The number of aromatic nitrogens is 2. The molecule has 0 saturated heterocycles. The minimum atomic E-state index is 0.450. The van der Waals surface area contributed by atoms with Crippen molar-refractivity contribution in [1.82, 2.24) is 10.2 Å². The molecule has 0 amide bonds. The Labute approximate surface area is 89.1 Å². The van der Waals surface area contributed by atoms with Crippen LogP contribution >= 0.6 is 11.6 Å². The molecule has 1 aromatic rings. The van der Waals surface area contributed by atoms with Crippen LogP contribution in [0.15, 0.2) is 12.1 Å². The summed E-state index contributed by atoms with van der Waals surface area (Å²) >= 11 is 5.67. The second-order valence-electron chi connectivity index (χ2n) is 3.89. The third kappa shape index (κ3) is 2.15. The number of anilines is 1. The van der Waals surface area contributed by atoms with Gasteiger partial charge in [0.05, 0.1) is 0 Å². The normalized spacial score (nSPS) is 16.4. The average Bonchev–Trinajstić information content (AvgIpc) is 2.12. The minimum absolute atomic E-state index is 0.450. The van der Waals surface area contributed by atoms with Crippen molar-refractivity contribution < 1.29 is 0 Å². The predicted octanol–water partition coefficient (Wildman–Crippen LogP) is 2.37. The van der Waals surface area contributed by atoms with Crippen LogP contribution in [0, 0.1) is 5.92 Å². The molecule has 0 aromatic carbocycles. The van der Waals surface area contributed by atoms with Crippen molar-refractivity contribution in [3.8, 4) is 0 Å². The maximum atomic E-state index is 5.67. The van der Waals surface area contributed by atoms with E-state index in [9.17, 15) is 0 Å². The fourth-order valence-electron chi connectivity index (χ4n) is 1.67. The van der Waals surface area contributed by atoms with E-state index >= 15 is 0 Å². The highest BCUT2D eigenvalue weighted by atomic mass is 35.5. The zero-order valence-electron chi connectivity index (χ0n) is 8.28. The van der Waals surface area contributed by atoms with E-state index in [-0.39, 0.29) is 0 Å². The molecule has 1 aromatic heterocycles. The molecule has 1 fully saturated rings. The molecule has 14 heavy (non-hydrogen) atoms. The molecule has 0 aliphatic heterocycles. The van der Waals surface area contributed by atoms with Crippen LogP contribution in [-0.2, 0) is 0 Å². The third-order valence-corrected chi connectivity index (χ3v) is 2.97. The Morgan fingerprint density at radius 2 is 2.21 bits per heavy atom. The second kappa shape index (κ2) is 4.13. The number of halogens is 1. The van der Waals surface area contributed by atoms with Crippen LogP contribution in [-0.4, -0.2) is 23.8 Å². The summed E-state index contributed by atoms with van der Waals surface area (Å²) in [6.07, 6.45) is 4.08.